The molecular weight excluding hydrogens is 515 g/mol. The third-order valence-electron chi connectivity index (χ3n) is 7.27. The maximum absolute atomic E-state index is 15.5. The minimum absolute atomic E-state index is 0.130. The fourth-order valence-electron chi connectivity index (χ4n) is 5.14. The summed E-state index contributed by atoms with van der Waals surface area (Å²) in [6.07, 6.45) is 0.912. The molecule has 3 aromatic carbocycles. The molecule has 1 aromatic heterocycles. The zero-order valence-corrected chi connectivity index (χ0v) is 22.3. The van der Waals surface area contributed by atoms with Crippen LogP contribution in [0.15, 0.2) is 59.1 Å². The number of methoxy groups -OCH3 is 1. The monoisotopic (exact) mass is 542 g/mol. The second kappa shape index (κ2) is 9.96. The van der Waals surface area contributed by atoms with Crippen LogP contribution < -0.4 is 10.4 Å². The molecule has 7 rings (SSSR count). The van der Waals surface area contributed by atoms with E-state index in [-0.39, 0.29) is 30.5 Å². The summed E-state index contributed by atoms with van der Waals surface area (Å²) in [6, 6.07) is 15.7. The topological polar surface area (TPSA) is 107 Å². The van der Waals surface area contributed by atoms with Gasteiger partial charge in [-0.15, -0.1) is 0 Å². The van der Waals surface area contributed by atoms with E-state index in [0.29, 0.717) is 40.8 Å². The van der Waals surface area contributed by atoms with Crippen molar-refractivity contribution >= 4 is 17.6 Å². The van der Waals surface area contributed by atoms with Crippen molar-refractivity contribution in [3.63, 3.8) is 0 Å². The molecule has 0 unspecified atom stereocenters. The number of ether oxygens (including phenoxy) is 2. The average Bonchev–Trinajstić information content (AvgIpc) is 3.58. The lowest BCUT2D eigenvalue weighted by atomic mass is 9.91. The Labute approximate surface area is 229 Å². The Morgan fingerprint density at radius 2 is 1.90 bits per heavy atom. The molecule has 6 bridgehead atoms. The van der Waals surface area contributed by atoms with E-state index in [9.17, 15) is 9.59 Å². The van der Waals surface area contributed by atoms with Gasteiger partial charge in [-0.25, -0.2) is 19.6 Å². The molecule has 10 heteroatoms. The highest BCUT2D eigenvalue weighted by Gasteiger charge is 2.54. The number of hydrazine groups is 1. The highest BCUT2D eigenvalue weighted by atomic mass is 19.1. The summed E-state index contributed by atoms with van der Waals surface area (Å²) in [5.74, 6) is -1.49. The van der Waals surface area contributed by atoms with Gasteiger partial charge in [-0.3, -0.25) is 4.79 Å². The van der Waals surface area contributed by atoms with Crippen LogP contribution in [0.1, 0.15) is 41.3 Å². The lowest BCUT2D eigenvalue weighted by molar-refractivity contribution is -0.146. The van der Waals surface area contributed by atoms with Crippen molar-refractivity contribution < 1.29 is 28.0 Å². The maximum Gasteiger partial charge on any atom is 0.328 e. The van der Waals surface area contributed by atoms with Crippen LogP contribution in [-0.4, -0.2) is 41.3 Å². The summed E-state index contributed by atoms with van der Waals surface area (Å²) in [5, 5.41) is 5.37. The van der Waals surface area contributed by atoms with Gasteiger partial charge in [0.2, 0.25) is 5.82 Å². The Balaban J connectivity index is 1.66. The van der Waals surface area contributed by atoms with E-state index >= 15 is 4.39 Å². The Morgan fingerprint density at radius 3 is 2.58 bits per heavy atom. The molecule has 1 N–H and O–H groups in total. The molecule has 3 heterocycles. The van der Waals surface area contributed by atoms with Gasteiger partial charge in [0.05, 0.1) is 30.0 Å². The highest BCUT2D eigenvalue weighted by molar-refractivity contribution is 6.08. The van der Waals surface area contributed by atoms with Crippen LogP contribution in [0.5, 0.6) is 0 Å². The largest absolute Gasteiger partial charge is 0.465 e. The quantitative estimate of drug-likeness (QED) is 0.317. The molecule has 1 aliphatic carbocycles. The number of carbonyl (C=O) groups excluding carboxylic acids is 2. The minimum Gasteiger partial charge on any atom is -0.465 e. The SMILES string of the molecule is CCOC(=O)C1(NN2C(=O)c3ccc(cc3F)-c3noc(n3)-c3c(-c4ccccc4)cc(COC)c2c3C)CC1. The molecule has 1 fully saturated rings. The summed E-state index contributed by atoms with van der Waals surface area (Å²) in [4.78, 5) is 31.7. The van der Waals surface area contributed by atoms with E-state index in [1.807, 2.05) is 43.3 Å². The molecule has 2 aliphatic heterocycles. The molecular formula is C30H27FN4O5. The van der Waals surface area contributed by atoms with Crippen molar-refractivity contribution in [3.05, 3.63) is 77.1 Å². The number of esters is 1. The number of amides is 1. The summed E-state index contributed by atoms with van der Waals surface area (Å²) in [5.41, 5.74) is 6.14. The average molecular weight is 543 g/mol. The Kier molecular flexibility index (Phi) is 6.44. The molecule has 204 valence electrons. The number of aromatic nitrogens is 2. The normalized spacial score (nSPS) is 15.0. The highest BCUT2D eigenvalue weighted by Crippen LogP contribution is 2.44. The number of benzene rings is 3. The van der Waals surface area contributed by atoms with Crippen molar-refractivity contribution in [2.45, 2.75) is 38.8 Å². The van der Waals surface area contributed by atoms with E-state index in [1.165, 1.54) is 17.1 Å². The van der Waals surface area contributed by atoms with E-state index < -0.39 is 23.2 Å². The van der Waals surface area contributed by atoms with Crippen molar-refractivity contribution in [2.24, 2.45) is 0 Å². The van der Waals surface area contributed by atoms with Gasteiger partial charge >= 0.3 is 5.97 Å². The zero-order chi connectivity index (χ0) is 28.0. The molecule has 1 amide bonds. The van der Waals surface area contributed by atoms with E-state index in [2.05, 4.69) is 15.6 Å². The minimum atomic E-state index is -1.12. The molecule has 9 nitrogen and oxygen atoms in total. The van der Waals surface area contributed by atoms with Crippen LogP contribution in [0.3, 0.4) is 0 Å². The van der Waals surface area contributed by atoms with Gasteiger partial charge in [-0.05, 0) is 61.6 Å². The first-order valence-electron chi connectivity index (χ1n) is 13.0. The standard InChI is InChI=1S/C30H27FN4O5/c1-4-39-29(37)30(12-13-30)34-35-25-17(2)24(22(14-20(25)16-38-3)18-8-6-5-7-9-18)27-32-26(33-40-27)19-10-11-21(28(35)36)23(31)15-19/h5-11,14-15,34H,4,12-13,16H2,1-3H3. The lowest BCUT2D eigenvalue weighted by Crippen LogP contribution is -2.54. The van der Waals surface area contributed by atoms with Crippen LogP contribution in [0.25, 0.3) is 34.0 Å². The molecule has 0 spiro atoms. The van der Waals surface area contributed by atoms with Gasteiger partial charge in [0.1, 0.15) is 11.4 Å². The Morgan fingerprint density at radius 1 is 1.12 bits per heavy atom. The van der Waals surface area contributed by atoms with Gasteiger partial charge in [-0.2, -0.15) is 4.98 Å². The van der Waals surface area contributed by atoms with Crippen molar-refractivity contribution in [1.82, 2.24) is 15.6 Å². The first-order valence-corrected chi connectivity index (χ1v) is 13.0. The Bertz CT molecular complexity index is 1630. The van der Waals surface area contributed by atoms with E-state index in [1.54, 1.807) is 20.1 Å². The summed E-state index contributed by atoms with van der Waals surface area (Å²) in [7, 11) is 1.55. The van der Waals surface area contributed by atoms with Crippen LogP contribution in [0.4, 0.5) is 10.1 Å². The fourth-order valence-corrected chi connectivity index (χ4v) is 5.14. The summed E-state index contributed by atoms with van der Waals surface area (Å²) in [6.45, 7) is 3.87. The van der Waals surface area contributed by atoms with Crippen molar-refractivity contribution in [1.29, 1.82) is 0 Å². The van der Waals surface area contributed by atoms with Crippen LogP contribution in [0.2, 0.25) is 0 Å². The van der Waals surface area contributed by atoms with Crippen molar-refractivity contribution in [2.75, 3.05) is 18.7 Å². The second-order valence-corrected chi connectivity index (χ2v) is 9.90. The molecule has 0 radical (unpaired) electrons. The number of hydrogen-bond donors (Lipinski definition) is 1. The molecule has 0 saturated heterocycles. The number of hydrogen-bond acceptors (Lipinski definition) is 8. The lowest BCUT2D eigenvalue weighted by Gasteiger charge is -2.32. The molecule has 1 saturated carbocycles. The number of halogens is 1. The number of nitrogens with zero attached hydrogens (tertiary/aromatic N) is 3. The van der Waals surface area contributed by atoms with Crippen LogP contribution in [0, 0.1) is 12.7 Å². The first kappa shape index (κ1) is 25.8. The number of fused-ring (bicyclic) bond motifs is 3. The molecule has 40 heavy (non-hydrogen) atoms. The van der Waals surface area contributed by atoms with Gasteiger partial charge in [0, 0.05) is 18.2 Å². The smallest absolute Gasteiger partial charge is 0.328 e. The summed E-state index contributed by atoms with van der Waals surface area (Å²) >= 11 is 0. The number of anilines is 1. The third kappa shape index (κ3) is 4.25. The predicted molar refractivity (Wildman–Crippen MR) is 145 cm³/mol. The van der Waals surface area contributed by atoms with E-state index in [4.69, 9.17) is 14.0 Å². The zero-order valence-electron chi connectivity index (χ0n) is 22.3. The van der Waals surface area contributed by atoms with Gasteiger partial charge in [0.15, 0.2) is 0 Å². The molecule has 0 atom stereocenters. The third-order valence-corrected chi connectivity index (χ3v) is 7.27. The number of nitrogens with one attached hydrogen (secondary N) is 1. The van der Waals surface area contributed by atoms with Gasteiger partial charge < -0.3 is 14.0 Å². The Hall–Kier alpha value is -4.41. The maximum atomic E-state index is 15.5. The predicted octanol–water partition coefficient (Wildman–Crippen LogP) is 5.23. The summed E-state index contributed by atoms with van der Waals surface area (Å²) < 4.78 is 32.1. The van der Waals surface area contributed by atoms with Gasteiger partial charge in [0.25, 0.3) is 11.8 Å². The van der Waals surface area contributed by atoms with Gasteiger partial charge in [-0.1, -0.05) is 41.6 Å². The number of carbonyl (C=O) groups is 2. The number of rotatable bonds is 7. The molecule has 3 aliphatic rings. The second-order valence-electron chi connectivity index (χ2n) is 9.90. The van der Waals surface area contributed by atoms with Crippen LogP contribution in [-0.2, 0) is 20.9 Å². The fraction of sp³-hybridized carbons (Fsp3) is 0.267. The molecule has 4 aromatic rings. The first-order chi connectivity index (χ1) is 19.4. The van der Waals surface area contributed by atoms with E-state index in [0.717, 1.165) is 11.1 Å². The van der Waals surface area contributed by atoms with Crippen LogP contribution >= 0.6 is 0 Å². The van der Waals surface area contributed by atoms with Crippen molar-refractivity contribution in [3.8, 4) is 34.0 Å².